The standard InChI is InChI=1S/C56H55FN8O19S/c1-4-56(76)35-20-39-46-33(25-64(39)52(72)34(35)26-80-55(56)75)45-37(11-10-32-27(2)36(57)21-38(59-46)44(32)45)58-22-28-5-8-31(9-6-28)83-85(77,78)84-41-19-29(7-12-40(41)81-54-49(70)47(68)48(69)50(82-54)53(73)74)51(71)62(3)15-17-79-18-16-63-23-30(60-61-63)24-65-42(66)13-14-43(65)67/h5-9,12-14,19-21,23,37,47-50,54,58,68-70,76H,4,10-11,15-18,22,24-26H2,1-3H3,(H,73,74)/t37-,47-,48-,49+,50-,54+,56-/m0/s1. The van der Waals surface area contributed by atoms with Gasteiger partial charge >= 0.3 is 22.3 Å². The van der Waals surface area contributed by atoms with Gasteiger partial charge in [-0.15, -0.1) is 13.5 Å². The van der Waals surface area contributed by atoms with E-state index in [2.05, 4.69) is 15.6 Å². The maximum Gasteiger partial charge on any atom is 0.501 e. The minimum atomic E-state index is -5.14. The van der Waals surface area contributed by atoms with Gasteiger partial charge in [0, 0.05) is 66.5 Å². The van der Waals surface area contributed by atoms with Crippen molar-refractivity contribution in [1.29, 1.82) is 0 Å². The van der Waals surface area contributed by atoms with Gasteiger partial charge in [0.2, 0.25) is 6.29 Å². The van der Waals surface area contributed by atoms with E-state index in [0.29, 0.717) is 52.1 Å². The highest BCUT2D eigenvalue weighted by Gasteiger charge is 2.49. The number of aryl methyl sites for hydroxylation is 1. The maximum absolute atomic E-state index is 15.5. The van der Waals surface area contributed by atoms with Crippen molar-refractivity contribution in [3.63, 3.8) is 0 Å². The van der Waals surface area contributed by atoms with Crippen LogP contribution in [0.25, 0.3) is 22.3 Å². The first-order chi connectivity index (χ1) is 40.5. The van der Waals surface area contributed by atoms with Crippen molar-refractivity contribution in [3.8, 4) is 28.6 Å². The molecule has 11 rings (SSSR count). The molecule has 6 N–H and O–H groups in total. The monoisotopic (exact) mass is 1190 g/mol. The number of nitrogens with one attached hydrogen (secondary N) is 1. The number of pyridine rings is 2. The van der Waals surface area contributed by atoms with Crippen LogP contribution in [0.15, 0.2) is 77.7 Å². The number of carboxylic acid groups (broad SMARTS) is 1. The molecule has 29 heteroatoms. The SMILES string of the molecule is CC[C@@]1(O)C(=O)OCc2c1cc1n(c2=O)Cc2c-1nc1cc(F)c(C)c3c1c2[C@@H](NCc1ccc(OS(=O)(=O)Oc2cc(C(=O)N(C)CCOCCn4cc(CN5C(=O)C=CC5=O)nn4)ccc2O[C@@H]2O[C@H](C(=O)O)[C@@H](O)[C@H](O)[C@H]2O)cc1)CC3. The first kappa shape index (κ1) is 58.2. The summed E-state index contributed by atoms with van der Waals surface area (Å²) in [6.07, 6.45) is -5.53. The number of aliphatic carboxylic acids is 1. The van der Waals surface area contributed by atoms with E-state index in [1.54, 1.807) is 38.2 Å². The fraction of sp³-hybridized carbons (Fsp3) is 0.375. The molecule has 0 unspecified atom stereocenters. The number of rotatable bonds is 20. The number of halogens is 1. The summed E-state index contributed by atoms with van der Waals surface area (Å²) in [6.45, 7) is 3.64. The Morgan fingerprint density at radius 2 is 1.69 bits per heavy atom. The molecule has 1 aliphatic carbocycles. The molecule has 27 nitrogen and oxygen atoms in total. The largest absolute Gasteiger partial charge is 0.501 e. The zero-order valence-electron chi connectivity index (χ0n) is 45.5. The van der Waals surface area contributed by atoms with Gasteiger partial charge in [0.1, 0.15) is 42.2 Å². The maximum atomic E-state index is 15.5. The van der Waals surface area contributed by atoms with Gasteiger partial charge in [-0.2, -0.15) is 0 Å². The summed E-state index contributed by atoms with van der Waals surface area (Å²) in [5.74, 6) is -6.09. The molecule has 6 aromatic rings. The van der Waals surface area contributed by atoms with E-state index in [1.165, 1.54) is 45.5 Å². The van der Waals surface area contributed by atoms with E-state index in [4.69, 9.17) is 32.3 Å². The third kappa shape index (κ3) is 11.0. The van der Waals surface area contributed by atoms with Crippen molar-refractivity contribution >= 4 is 51.0 Å². The summed E-state index contributed by atoms with van der Waals surface area (Å²) in [7, 11) is -3.70. The summed E-state index contributed by atoms with van der Waals surface area (Å²) in [6, 6.07) is 11.7. The summed E-state index contributed by atoms with van der Waals surface area (Å²) in [4.78, 5) is 83.5. The molecule has 0 spiro atoms. The quantitative estimate of drug-likeness (QED) is 0.0353. The van der Waals surface area contributed by atoms with Crippen LogP contribution < -0.4 is 24.0 Å². The number of fused-ring (bicyclic) bond motifs is 5. The molecule has 0 saturated carbocycles. The Kier molecular flexibility index (Phi) is 15.6. The lowest BCUT2D eigenvalue weighted by Gasteiger charge is -2.38. The predicted octanol–water partition coefficient (Wildman–Crippen LogP) is 1.08. The summed E-state index contributed by atoms with van der Waals surface area (Å²) < 4.78 is 78.6. The molecule has 85 heavy (non-hydrogen) atoms. The van der Waals surface area contributed by atoms with Crippen LogP contribution in [0.1, 0.15) is 80.8 Å². The van der Waals surface area contributed by atoms with Gasteiger partial charge in [-0.3, -0.25) is 24.1 Å². The Labute approximate surface area is 481 Å². The molecule has 3 aromatic heterocycles. The highest BCUT2D eigenvalue weighted by molar-refractivity contribution is 7.82. The molecule has 3 amide bonds. The van der Waals surface area contributed by atoms with Crippen LogP contribution in [0.3, 0.4) is 0 Å². The number of imide groups is 1. The number of carbonyl (C=O) groups excluding carboxylic acids is 4. The van der Waals surface area contributed by atoms with Crippen LogP contribution in [-0.2, 0) is 88.6 Å². The zero-order chi connectivity index (χ0) is 60.4. The number of ether oxygens (including phenoxy) is 4. The molecule has 1 fully saturated rings. The van der Waals surface area contributed by atoms with Crippen LogP contribution in [0.4, 0.5) is 4.39 Å². The number of amides is 3. The first-order valence-corrected chi connectivity index (χ1v) is 28.1. The van der Waals surface area contributed by atoms with Gasteiger partial charge in [-0.25, -0.2) is 23.6 Å². The molecule has 0 bridgehead atoms. The highest BCUT2D eigenvalue weighted by atomic mass is 32.3. The zero-order valence-corrected chi connectivity index (χ0v) is 46.4. The molecular weight excluding hydrogens is 1140 g/mol. The van der Waals surface area contributed by atoms with Crippen LogP contribution in [0, 0.1) is 12.7 Å². The number of likely N-dealkylation sites (N-methyl/N-ethyl adjacent to an activating group) is 1. The fourth-order valence-corrected chi connectivity index (χ4v) is 11.8. The number of cyclic esters (lactones) is 1. The summed E-state index contributed by atoms with van der Waals surface area (Å²) in [5, 5.41) is 64.8. The normalized spacial score (nSPS) is 22.3. The Balaban J connectivity index is 0.780. The molecule has 4 aliphatic heterocycles. The Morgan fingerprint density at radius 3 is 2.42 bits per heavy atom. The summed E-state index contributed by atoms with van der Waals surface area (Å²) in [5.41, 5.74) is 2.58. The van der Waals surface area contributed by atoms with E-state index in [1.807, 2.05) is 0 Å². The van der Waals surface area contributed by atoms with Crippen molar-refractivity contribution in [2.75, 3.05) is 26.8 Å². The van der Waals surface area contributed by atoms with Crippen LogP contribution in [-0.4, -0.2) is 155 Å². The number of aliphatic hydroxyl groups is 4. The van der Waals surface area contributed by atoms with Crippen molar-refractivity contribution in [3.05, 3.63) is 139 Å². The molecule has 1 saturated heterocycles. The summed E-state index contributed by atoms with van der Waals surface area (Å²) >= 11 is 0. The number of nitrogens with zero attached hydrogens (tertiary/aromatic N) is 7. The number of aromatic nitrogens is 5. The molecule has 7 heterocycles. The second-order valence-corrected chi connectivity index (χ2v) is 22.1. The number of esters is 1. The number of carboxylic acids is 1. The minimum absolute atomic E-state index is 0.0186. The second kappa shape index (κ2) is 22.8. The van der Waals surface area contributed by atoms with Crippen molar-refractivity contribution in [2.45, 2.75) is 108 Å². The Bertz CT molecular complexity index is 3930. The van der Waals surface area contributed by atoms with Crippen molar-refractivity contribution in [1.82, 2.24) is 39.7 Å². The smallest absolute Gasteiger partial charge is 0.479 e. The average Bonchev–Trinajstić information content (AvgIpc) is 1.82. The number of hydrogen-bond acceptors (Lipinski definition) is 22. The van der Waals surface area contributed by atoms with E-state index >= 15 is 4.39 Å². The average molecular weight is 1200 g/mol. The third-order valence-electron chi connectivity index (χ3n) is 15.7. The van der Waals surface area contributed by atoms with Crippen LogP contribution in [0.2, 0.25) is 0 Å². The topological polar surface area (TPSA) is 360 Å². The lowest BCUT2D eigenvalue weighted by atomic mass is 9.81. The van der Waals surface area contributed by atoms with Crippen LogP contribution in [0.5, 0.6) is 17.2 Å². The van der Waals surface area contributed by atoms with Gasteiger partial charge in [-0.05, 0) is 84.8 Å². The van der Waals surface area contributed by atoms with Gasteiger partial charge in [0.05, 0.1) is 61.5 Å². The van der Waals surface area contributed by atoms with E-state index in [-0.39, 0.29) is 87.4 Å². The van der Waals surface area contributed by atoms with Gasteiger partial charge < -0.3 is 67.6 Å². The molecule has 3 aromatic carbocycles. The third-order valence-corrected chi connectivity index (χ3v) is 16.5. The van der Waals surface area contributed by atoms with Crippen LogP contribution >= 0.6 is 0 Å². The number of benzene rings is 3. The number of aliphatic hydroxyl groups excluding tert-OH is 3. The number of carbonyl (C=O) groups is 5. The van der Waals surface area contributed by atoms with Gasteiger partial charge in [-0.1, -0.05) is 24.3 Å². The first-order valence-electron chi connectivity index (χ1n) is 26.8. The Morgan fingerprint density at radius 1 is 0.941 bits per heavy atom. The van der Waals surface area contributed by atoms with Crippen molar-refractivity contribution in [2.24, 2.45) is 0 Å². The lowest BCUT2D eigenvalue weighted by molar-refractivity contribution is -0.271. The highest BCUT2D eigenvalue weighted by Crippen LogP contribution is 2.46. The van der Waals surface area contributed by atoms with E-state index < -0.39 is 99.2 Å². The van der Waals surface area contributed by atoms with E-state index in [0.717, 1.165) is 45.7 Å². The molecule has 446 valence electrons. The lowest BCUT2D eigenvalue weighted by Crippen LogP contribution is -2.61. The van der Waals surface area contributed by atoms with Gasteiger partial charge in [0.25, 0.3) is 23.3 Å². The Hall–Kier alpha value is -8.55. The molecule has 7 atom stereocenters. The molecule has 5 aliphatic rings. The van der Waals surface area contributed by atoms with Crippen molar-refractivity contribution < 1.29 is 89.6 Å². The van der Waals surface area contributed by atoms with Gasteiger partial charge in [0.15, 0.2) is 23.2 Å². The minimum Gasteiger partial charge on any atom is -0.479 e. The van der Waals surface area contributed by atoms with E-state index in [9.17, 15) is 62.7 Å². The fourth-order valence-electron chi connectivity index (χ4n) is 11.0. The molecule has 0 radical (unpaired) electrons. The number of hydrogen-bond donors (Lipinski definition) is 6. The predicted molar refractivity (Wildman–Crippen MR) is 288 cm³/mol. The second-order valence-electron chi connectivity index (χ2n) is 20.9. The molecular formula is C56H55FN8O19S.